The highest BCUT2D eigenvalue weighted by Gasteiger charge is 1.97. The molecule has 1 rings (SSSR count). The van der Waals surface area contributed by atoms with Gasteiger partial charge >= 0.3 is 0 Å². The van der Waals surface area contributed by atoms with E-state index in [1.54, 1.807) is 0 Å². The van der Waals surface area contributed by atoms with E-state index in [0.29, 0.717) is 0 Å². The highest BCUT2D eigenvalue weighted by molar-refractivity contribution is 5.66. The number of hydrogen-bond donors (Lipinski definition) is 3. The van der Waals surface area contributed by atoms with Crippen molar-refractivity contribution in [1.29, 1.82) is 0 Å². The number of nitrogens with two attached hydrogens (primary N) is 1. The van der Waals surface area contributed by atoms with E-state index < -0.39 is 0 Å². The molecule has 15 heavy (non-hydrogen) atoms. The van der Waals surface area contributed by atoms with E-state index in [-0.39, 0.29) is 6.61 Å². The molecule has 0 bridgehead atoms. The van der Waals surface area contributed by atoms with Crippen LogP contribution in [0.2, 0.25) is 0 Å². The van der Waals surface area contributed by atoms with Crippen molar-refractivity contribution in [2.75, 3.05) is 24.2 Å². The molecule has 1 aromatic rings. The molecule has 0 aliphatic carbocycles. The zero-order valence-electron chi connectivity index (χ0n) is 9.29. The molecule has 0 unspecified atom stereocenters. The first-order chi connectivity index (χ1) is 7.24. The average molecular weight is 208 g/mol. The van der Waals surface area contributed by atoms with Crippen molar-refractivity contribution >= 4 is 11.4 Å². The van der Waals surface area contributed by atoms with Gasteiger partial charge in [-0.1, -0.05) is 6.07 Å². The zero-order valence-corrected chi connectivity index (χ0v) is 9.29. The number of aliphatic hydroxyl groups is 1. The zero-order chi connectivity index (χ0) is 11.1. The normalized spacial score (nSPS) is 10.3. The fourth-order valence-corrected chi connectivity index (χ4v) is 1.46. The smallest absolute Gasteiger partial charge is 0.0576 e. The molecule has 0 fully saturated rings. The Labute approximate surface area is 91.3 Å². The maximum atomic E-state index is 8.62. The van der Waals surface area contributed by atoms with Crippen molar-refractivity contribution in [2.24, 2.45) is 0 Å². The molecular formula is C12H20N2O. The van der Waals surface area contributed by atoms with E-state index in [1.165, 1.54) is 5.56 Å². The highest BCUT2D eigenvalue weighted by atomic mass is 16.2. The lowest BCUT2D eigenvalue weighted by molar-refractivity contribution is 0.283. The van der Waals surface area contributed by atoms with Crippen LogP contribution in [0.25, 0.3) is 0 Å². The Morgan fingerprint density at radius 1 is 1.27 bits per heavy atom. The Balaban J connectivity index is 2.33. The van der Waals surface area contributed by atoms with Crippen LogP contribution in [0.5, 0.6) is 0 Å². The fraction of sp³-hybridized carbons (Fsp3) is 0.500. The number of rotatable bonds is 6. The highest BCUT2D eigenvalue weighted by Crippen LogP contribution is 2.19. The molecule has 3 heteroatoms. The van der Waals surface area contributed by atoms with E-state index in [9.17, 15) is 0 Å². The molecule has 0 aromatic heterocycles. The summed E-state index contributed by atoms with van der Waals surface area (Å²) in [6, 6.07) is 5.99. The minimum absolute atomic E-state index is 0.284. The van der Waals surface area contributed by atoms with Gasteiger partial charge in [0.25, 0.3) is 0 Å². The van der Waals surface area contributed by atoms with Gasteiger partial charge in [-0.05, 0) is 43.9 Å². The molecule has 0 heterocycles. The van der Waals surface area contributed by atoms with E-state index in [4.69, 9.17) is 10.8 Å². The first-order valence-corrected chi connectivity index (χ1v) is 5.45. The lowest BCUT2D eigenvalue weighted by atomic mass is 10.2. The molecule has 0 atom stereocenters. The predicted molar refractivity (Wildman–Crippen MR) is 65.0 cm³/mol. The van der Waals surface area contributed by atoms with Gasteiger partial charge in [-0.2, -0.15) is 0 Å². The van der Waals surface area contributed by atoms with Gasteiger partial charge in [-0.3, -0.25) is 0 Å². The SMILES string of the molecule is Cc1ccc(N)c(NCCCCCO)c1. The number of unbranched alkanes of at least 4 members (excludes halogenated alkanes) is 2. The van der Waals surface area contributed by atoms with Crippen LogP contribution >= 0.6 is 0 Å². The van der Waals surface area contributed by atoms with Crippen molar-refractivity contribution in [3.8, 4) is 0 Å². The molecule has 0 saturated carbocycles. The quantitative estimate of drug-likeness (QED) is 0.496. The van der Waals surface area contributed by atoms with Crippen molar-refractivity contribution in [3.05, 3.63) is 23.8 Å². The van der Waals surface area contributed by atoms with Gasteiger partial charge in [0.15, 0.2) is 0 Å². The lowest BCUT2D eigenvalue weighted by Crippen LogP contribution is -2.04. The van der Waals surface area contributed by atoms with Gasteiger partial charge < -0.3 is 16.2 Å². The van der Waals surface area contributed by atoms with Crippen molar-refractivity contribution in [3.63, 3.8) is 0 Å². The predicted octanol–water partition coefficient (Wildman–Crippen LogP) is 2.15. The second kappa shape index (κ2) is 6.30. The van der Waals surface area contributed by atoms with Crippen LogP contribution in [-0.2, 0) is 0 Å². The number of nitrogen functional groups attached to an aromatic ring is 1. The Bertz CT molecular complexity index is 300. The van der Waals surface area contributed by atoms with Crippen LogP contribution in [0.15, 0.2) is 18.2 Å². The third kappa shape index (κ3) is 4.21. The van der Waals surface area contributed by atoms with Gasteiger partial charge in [0.1, 0.15) is 0 Å². The topological polar surface area (TPSA) is 58.3 Å². The van der Waals surface area contributed by atoms with Gasteiger partial charge in [-0.25, -0.2) is 0 Å². The number of aliphatic hydroxyl groups excluding tert-OH is 1. The van der Waals surface area contributed by atoms with E-state index in [0.717, 1.165) is 37.2 Å². The van der Waals surface area contributed by atoms with Gasteiger partial charge in [-0.15, -0.1) is 0 Å². The standard InChI is InChI=1S/C12H20N2O/c1-10-5-6-11(13)12(9-10)14-7-3-2-4-8-15/h5-6,9,14-15H,2-4,7-8,13H2,1H3. The first-order valence-electron chi connectivity index (χ1n) is 5.45. The molecule has 0 amide bonds. The maximum absolute atomic E-state index is 8.62. The Kier molecular flexibility index (Phi) is 4.98. The Hall–Kier alpha value is -1.22. The molecule has 0 aliphatic heterocycles. The summed E-state index contributed by atoms with van der Waals surface area (Å²) in [6.07, 6.45) is 2.99. The summed E-state index contributed by atoms with van der Waals surface area (Å²) in [5.41, 5.74) is 8.85. The summed E-state index contributed by atoms with van der Waals surface area (Å²) in [7, 11) is 0. The van der Waals surface area contributed by atoms with E-state index in [2.05, 4.69) is 18.3 Å². The molecule has 4 N–H and O–H groups in total. The number of benzene rings is 1. The summed E-state index contributed by atoms with van der Waals surface area (Å²) >= 11 is 0. The number of aryl methyl sites for hydroxylation is 1. The molecule has 1 aromatic carbocycles. The summed E-state index contributed by atoms with van der Waals surface area (Å²) in [4.78, 5) is 0. The van der Waals surface area contributed by atoms with Crippen LogP contribution in [0, 0.1) is 6.92 Å². The molecule has 84 valence electrons. The van der Waals surface area contributed by atoms with Crippen molar-refractivity contribution in [1.82, 2.24) is 0 Å². The van der Waals surface area contributed by atoms with Crippen LogP contribution in [0.4, 0.5) is 11.4 Å². The molecular weight excluding hydrogens is 188 g/mol. The third-order valence-electron chi connectivity index (χ3n) is 2.36. The molecule has 0 spiro atoms. The Morgan fingerprint density at radius 2 is 2.07 bits per heavy atom. The lowest BCUT2D eigenvalue weighted by Gasteiger charge is -2.09. The average Bonchev–Trinajstić information content (AvgIpc) is 2.23. The molecule has 0 radical (unpaired) electrons. The second-order valence-electron chi connectivity index (χ2n) is 3.80. The number of nitrogens with one attached hydrogen (secondary N) is 1. The first kappa shape index (κ1) is 11.9. The van der Waals surface area contributed by atoms with Crippen molar-refractivity contribution in [2.45, 2.75) is 26.2 Å². The van der Waals surface area contributed by atoms with E-state index in [1.807, 2.05) is 12.1 Å². The molecule has 0 saturated heterocycles. The maximum Gasteiger partial charge on any atom is 0.0576 e. The van der Waals surface area contributed by atoms with Crippen LogP contribution in [0.3, 0.4) is 0 Å². The summed E-state index contributed by atoms with van der Waals surface area (Å²) in [5.74, 6) is 0. The van der Waals surface area contributed by atoms with Gasteiger partial charge in [0.05, 0.1) is 11.4 Å². The van der Waals surface area contributed by atoms with Crippen molar-refractivity contribution < 1.29 is 5.11 Å². The third-order valence-corrected chi connectivity index (χ3v) is 2.36. The second-order valence-corrected chi connectivity index (χ2v) is 3.80. The van der Waals surface area contributed by atoms with E-state index >= 15 is 0 Å². The van der Waals surface area contributed by atoms with Gasteiger partial charge in [0.2, 0.25) is 0 Å². The number of anilines is 2. The molecule has 0 aliphatic rings. The Morgan fingerprint density at radius 3 is 2.80 bits per heavy atom. The van der Waals surface area contributed by atoms with Gasteiger partial charge in [0, 0.05) is 13.2 Å². The van der Waals surface area contributed by atoms with Crippen LogP contribution in [-0.4, -0.2) is 18.3 Å². The monoisotopic (exact) mass is 208 g/mol. The fourth-order valence-electron chi connectivity index (χ4n) is 1.46. The number of hydrogen-bond acceptors (Lipinski definition) is 3. The summed E-state index contributed by atoms with van der Waals surface area (Å²) in [5, 5.41) is 11.9. The van der Waals surface area contributed by atoms with Crippen LogP contribution < -0.4 is 11.1 Å². The minimum atomic E-state index is 0.284. The summed E-state index contributed by atoms with van der Waals surface area (Å²) in [6.45, 7) is 3.25. The van der Waals surface area contributed by atoms with Crippen LogP contribution in [0.1, 0.15) is 24.8 Å². The minimum Gasteiger partial charge on any atom is -0.397 e. The largest absolute Gasteiger partial charge is 0.397 e. The summed E-state index contributed by atoms with van der Waals surface area (Å²) < 4.78 is 0. The molecule has 3 nitrogen and oxygen atoms in total.